The van der Waals surface area contributed by atoms with Gasteiger partial charge in [-0.1, -0.05) is 12.1 Å². The van der Waals surface area contributed by atoms with Crippen molar-refractivity contribution in [2.24, 2.45) is 0 Å². The van der Waals surface area contributed by atoms with Crippen molar-refractivity contribution in [1.82, 2.24) is 15.5 Å². The van der Waals surface area contributed by atoms with Crippen LogP contribution < -0.4 is 5.32 Å². The third-order valence-corrected chi connectivity index (χ3v) is 4.07. The maximum absolute atomic E-state index is 12.2. The highest BCUT2D eigenvalue weighted by Crippen LogP contribution is 2.22. The number of carbonyl (C=O) groups excluding carboxylic acids is 2. The zero-order valence-corrected chi connectivity index (χ0v) is 13.0. The fourth-order valence-electron chi connectivity index (χ4n) is 2.88. The maximum Gasteiger partial charge on any atom is 0.337 e. The van der Waals surface area contributed by atoms with E-state index in [2.05, 4.69) is 15.5 Å². The summed E-state index contributed by atoms with van der Waals surface area (Å²) in [6.45, 7) is 0.491. The standard InChI is InChI=1S/C17H19N3O3/c1-23-17(22)12-5-2-4-11(10-12)8-9-18-16(21)15-13-6-3-7-14(13)19-20-15/h2,4-5,10H,3,6-9H2,1H3,(H,18,21)(H,19,20). The van der Waals surface area contributed by atoms with E-state index >= 15 is 0 Å². The topological polar surface area (TPSA) is 84.1 Å². The molecule has 0 atom stereocenters. The Labute approximate surface area is 134 Å². The molecule has 1 aromatic heterocycles. The Kier molecular flexibility index (Phi) is 4.41. The van der Waals surface area contributed by atoms with Crippen molar-refractivity contribution in [2.45, 2.75) is 25.7 Å². The molecular weight excluding hydrogens is 294 g/mol. The van der Waals surface area contributed by atoms with Gasteiger partial charge < -0.3 is 10.1 Å². The summed E-state index contributed by atoms with van der Waals surface area (Å²) < 4.78 is 4.71. The van der Waals surface area contributed by atoms with Gasteiger partial charge in [-0.05, 0) is 43.4 Å². The Morgan fingerprint density at radius 3 is 3.04 bits per heavy atom. The highest BCUT2D eigenvalue weighted by atomic mass is 16.5. The van der Waals surface area contributed by atoms with Gasteiger partial charge in [0.1, 0.15) is 0 Å². The number of fused-ring (bicyclic) bond motifs is 1. The number of aromatic nitrogens is 2. The number of rotatable bonds is 5. The van der Waals surface area contributed by atoms with Crippen molar-refractivity contribution < 1.29 is 14.3 Å². The van der Waals surface area contributed by atoms with Crippen LogP contribution in [0.4, 0.5) is 0 Å². The number of carbonyl (C=O) groups is 2. The molecule has 6 nitrogen and oxygen atoms in total. The molecule has 6 heteroatoms. The Morgan fingerprint density at radius 1 is 1.35 bits per heavy atom. The van der Waals surface area contributed by atoms with E-state index < -0.39 is 0 Å². The second-order valence-electron chi connectivity index (χ2n) is 5.58. The van der Waals surface area contributed by atoms with Crippen LogP contribution >= 0.6 is 0 Å². The Morgan fingerprint density at radius 2 is 2.22 bits per heavy atom. The minimum absolute atomic E-state index is 0.145. The lowest BCUT2D eigenvalue weighted by atomic mass is 10.1. The number of ether oxygens (including phenoxy) is 1. The van der Waals surface area contributed by atoms with Crippen LogP contribution in [0.5, 0.6) is 0 Å². The Bertz CT molecular complexity index is 736. The van der Waals surface area contributed by atoms with Crippen molar-refractivity contribution >= 4 is 11.9 Å². The molecule has 0 spiro atoms. The first kappa shape index (κ1) is 15.3. The molecule has 23 heavy (non-hydrogen) atoms. The van der Waals surface area contributed by atoms with Gasteiger partial charge in [0.25, 0.3) is 5.91 Å². The predicted octanol–water partition coefficient (Wildman–Crippen LogP) is 1.66. The van der Waals surface area contributed by atoms with E-state index in [1.165, 1.54) is 7.11 Å². The zero-order chi connectivity index (χ0) is 16.2. The van der Waals surface area contributed by atoms with Gasteiger partial charge >= 0.3 is 5.97 Å². The Balaban J connectivity index is 1.57. The van der Waals surface area contributed by atoms with Crippen molar-refractivity contribution in [2.75, 3.05) is 13.7 Å². The lowest BCUT2D eigenvalue weighted by Crippen LogP contribution is -2.27. The van der Waals surface area contributed by atoms with Gasteiger partial charge in [-0.2, -0.15) is 5.10 Å². The summed E-state index contributed by atoms with van der Waals surface area (Å²) in [5, 5.41) is 9.94. The fraction of sp³-hybridized carbons (Fsp3) is 0.353. The molecule has 1 aromatic carbocycles. The second kappa shape index (κ2) is 6.64. The molecule has 0 aliphatic heterocycles. The minimum Gasteiger partial charge on any atom is -0.465 e. The van der Waals surface area contributed by atoms with Gasteiger partial charge in [0.05, 0.1) is 12.7 Å². The molecule has 120 valence electrons. The summed E-state index contributed by atoms with van der Waals surface area (Å²) in [7, 11) is 1.36. The lowest BCUT2D eigenvalue weighted by Gasteiger charge is -2.06. The van der Waals surface area contributed by atoms with E-state index in [1.807, 2.05) is 12.1 Å². The number of amides is 1. The van der Waals surface area contributed by atoms with E-state index in [4.69, 9.17) is 4.74 Å². The number of H-pyrrole nitrogens is 1. The molecule has 1 aliphatic carbocycles. The van der Waals surface area contributed by atoms with Crippen molar-refractivity contribution in [3.8, 4) is 0 Å². The summed E-state index contributed by atoms with van der Waals surface area (Å²) >= 11 is 0. The molecule has 0 unspecified atom stereocenters. The van der Waals surface area contributed by atoms with Crippen LogP contribution in [-0.4, -0.2) is 35.7 Å². The molecule has 2 aromatic rings. The number of aromatic amines is 1. The van der Waals surface area contributed by atoms with Gasteiger partial charge in [0, 0.05) is 17.8 Å². The van der Waals surface area contributed by atoms with Crippen LogP contribution in [0.25, 0.3) is 0 Å². The largest absolute Gasteiger partial charge is 0.465 e. The third-order valence-electron chi connectivity index (χ3n) is 4.07. The van der Waals surface area contributed by atoms with E-state index in [1.54, 1.807) is 12.1 Å². The fourth-order valence-corrected chi connectivity index (χ4v) is 2.88. The molecule has 3 rings (SSSR count). The summed E-state index contributed by atoms with van der Waals surface area (Å²) in [6.07, 6.45) is 3.60. The molecule has 0 bridgehead atoms. The van der Waals surface area contributed by atoms with Gasteiger partial charge in [-0.15, -0.1) is 0 Å². The number of methoxy groups -OCH3 is 1. The molecule has 1 aliphatic rings. The molecule has 0 fully saturated rings. The maximum atomic E-state index is 12.2. The number of aryl methyl sites for hydroxylation is 1. The molecule has 2 N–H and O–H groups in total. The molecular formula is C17H19N3O3. The third kappa shape index (κ3) is 3.26. The van der Waals surface area contributed by atoms with Crippen molar-refractivity contribution in [3.63, 3.8) is 0 Å². The average molecular weight is 313 g/mol. The van der Waals surface area contributed by atoms with Crippen LogP contribution in [0.15, 0.2) is 24.3 Å². The molecule has 1 heterocycles. The smallest absolute Gasteiger partial charge is 0.337 e. The predicted molar refractivity (Wildman–Crippen MR) is 84.4 cm³/mol. The average Bonchev–Trinajstić information content (AvgIpc) is 3.17. The Hall–Kier alpha value is -2.63. The number of esters is 1. The number of hydrogen-bond acceptors (Lipinski definition) is 4. The first-order valence-corrected chi connectivity index (χ1v) is 7.70. The highest BCUT2D eigenvalue weighted by molar-refractivity contribution is 5.94. The number of nitrogens with one attached hydrogen (secondary N) is 2. The van der Waals surface area contributed by atoms with Crippen molar-refractivity contribution in [1.29, 1.82) is 0 Å². The van der Waals surface area contributed by atoms with Crippen molar-refractivity contribution in [3.05, 3.63) is 52.3 Å². The summed E-state index contributed by atoms with van der Waals surface area (Å²) in [6, 6.07) is 7.22. The van der Waals surface area contributed by atoms with E-state index in [0.717, 1.165) is 36.1 Å². The van der Waals surface area contributed by atoms with Crippen LogP contribution in [-0.2, 0) is 24.0 Å². The first-order valence-electron chi connectivity index (χ1n) is 7.70. The minimum atomic E-state index is -0.358. The van der Waals surface area contributed by atoms with Gasteiger partial charge in [-0.25, -0.2) is 4.79 Å². The SMILES string of the molecule is COC(=O)c1cccc(CCNC(=O)c2n[nH]c3c2CCC3)c1. The lowest BCUT2D eigenvalue weighted by molar-refractivity contribution is 0.0600. The van der Waals surface area contributed by atoms with E-state index in [9.17, 15) is 9.59 Å². The van der Waals surface area contributed by atoms with E-state index in [-0.39, 0.29) is 11.9 Å². The summed E-state index contributed by atoms with van der Waals surface area (Å²) in [4.78, 5) is 23.7. The quantitative estimate of drug-likeness (QED) is 0.822. The van der Waals surface area contributed by atoms with Gasteiger partial charge in [0.2, 0.25) is 0 Å². The number of nitrogens with zero attached hydrogens (tertiary/aromatic N) is 1. The number of hydrogen-bond donors (Lipinski definition) is 2. The summed E-state index contributed by atoms with van der Waals surface area (Å²) in [5.41, 5.74) is 4.14. The normalized spacial score (nSPS) is 12.7. The van der Waals surface area contributed by atoms with Crippen LogP contribution in [0.3, 0.4) is 0 Å². The second-order valence-corrected chi connectivity index (χ2v) is 5.58. The monoisotopic (exact) mass is 313 g/mol. The molecule has 0 saturated heterocycles. The van der Waals surface area contributed by atoms with Gasteiger partial charge in [0.15, 0.2) is 5.69 Å². The van der Waals surface area contributed by atoms with Crippen LogP contribution in [0.2, 0.25) is 0 Å². The zero-order valence-electron chi connectivity index (χ0n) is 13.0. The molecule has 0 radical (unpaired) electrons. The molecule has 1 amide bonds. The van der Waals surface area contributed by atoms with Crippen LogP contribution in [0.1, 0.15) is 44.1 Å². The summed E-state index contributed by atoms with van der Waals surface area (Å²) in [5.74, 6) is -0.503. The molecule has 0 saturated carbocycles. The highest BCUT2D eigenvalue weighted by Gasteiger charge is 2.22. The van der Waals surface area contributed by atoms with E-state index in [0.29, 0.717) is 24.2 Å². The van der Waals surface area contributed by atoms with Crippen LogP contribution in [0, 0.1) is 0 Å². The number of benzene rings is 1. The van der Waals surface area contributed by atoms with Gasteiger partial charge in [-0.3, -0.25) is 9.89 Å². The first-order chi connectivity index (χ1) is 11.2.